The third-order valence-corrected chi connectivity index (χ3v) is 3.06. The van der Waals surface area contributed by atoms with Gasteiger partial charge in [0.05, 0.1) is 0 Å². The van der Waals surface area contributed by atoms with Crippen LogP contribution >= 0.6 is 0 Å². The highest BCUT2D eigenvalue weighted by Gasteiger charge is 2.28. The normalized spacial score (nSPS) is 12.6. The molecule has 1 aromatic carbocycles. The summed E-state index contributed by atoms with van der Waals surface area (Å²) in [7, 11) is 0. The monoisotopic (exact) mass is 259 g/mol. The Labute approximate surface area is 111 Å². The van der Waals surface area contributed by atoms with Crippen LogP contribution in [-0.4, -0.2) is 25.8 Å². The quantitative estimate of drug-likeness (QED) is 0.916. The van der Waals surface area contributed by atoms with Crippen LogP contribution < -0.4 is 0 Å². The fourth-order valence-corrected chi connectivity index (χ4v) is 2.18. The van der Waals surface area contributed by atoms with Gasteiger partial charge in [0, 0.05) is 5.56 Å². The molecule has 1 heterocycles. The van der Waals surface area contributed by atoms with Gasteiger partial charge in [0.25, 0.3) is 0 Å². The van der Waals surface area contributed by atoms with E-state index in [4.69, 9.17) is 0 Å². The summed E-state index contributed by atoms with van der Waals surface area (Å²) in [6, 6.07) is 8.85. The predicted octanol–water partition coefficient (Wildman–Crippen LogP) is 2.54. The summed E-state index contributed by atoms with van der Waals surface area (Å²) >= 11 is 0. The number of rotatable bonds is 4. The second kappa shape index (κ2) is 5.22. The van der Waals surface area contributed by atoms with Gasteiger partial charge in [-0.15, -0.1) is 10.2 Å². The van der Waals surface area contributed by atoms with Gasteiger partial charge in [0.15, 0.2) is 5.82 Å². The molecule has 1 N–H and O–H groups in total. The molecule has 5 nitrogen and oxygen atoms in total. The summed E-state index contributed by atoms with van der Waals surface area (Å²) in [6.07, 6.45) is 0. The van der Waals surface area contributed by atoms with Crippen LogP contribution in [0.15, 0.2) is 30.3 Å². The Bertz CT molecular complexity index is 576. The number of nitrogens with zero attached hydrogens (tertiary/aromatic N) is 3. The van der Waals surface area contributed by atoms with E-state index >= 15 is 0 Å². The Balaban J connectivity index is 2.57. The number of benzene rings is 1. The summed E-state index contributed by atoms with van der Waals surface area (Å²) in [5.74, 6) is 0.295. The first-order chi connectivity index (χ1) is 9.02. The van der Waals surface area contributed by atoms with Gasteiger partial charge in [0.2, 0.25) is 0 Å². The van der Waals surface area contributed by atoms with E-state index in [1.54, 1.807) is 11.5 Å². The largest absolute Gasteiger partial charge is 0.480 e. The molecule has 0 amide bonds. The maximum atomic E-state index is 11.5. The number of carbonyl (C=O) groups is 1. The summed E-state index contributed by atoms with van der Waals surface area (Å²) in [5.41, 5.74) is 0.870. The van der Waals surface area contributed by atoms with Crippen LogP contribution in [0, 0.1) is 12.8 Å². The van der Waals surface area contributed by atoms with Gasteiger partial charge in [-0.2, -0.15) is 0 Å². The number of aromatic nitrogens is 3. The Morgan fingerprint density at radius 2 is 1.84 bits per heavy atom. The van der Waals surface area contributed by atoms with E-state index in [0.717, 1.165) is 5.56 Å². The summed E-state index contributed by atoms with van der Waals surface area (Å²) in [5, 5.41) is 17.6. The smallest absolute Gasteiger partial charge is 0.327 e. The fraction of sp³-hybridized carbons (Fsp3) is 0.357. The minimum absolute atomic E-state index is 0.0466. The molecule has 1 aromatic heterocycles. The zero-order valence-electron chi connectivity index (χ0n) is 11.2. The van der Waals surface area contributed by atoms with Crippen LogP contribution in [-0.2, 0) is 4.79 Å². The van der Waals surface area contributed by atoms with Crippen LogP contribution in [0.1, 0.15) is 25.7 Å². The average Bonchev–Trinajstić information content (AvgIpc) is 2.72. The molecule has 2 rings (SSSR count). The Morgan fingerprint density at radius 1 is 1.21 bits per heavy atom. The van der Waals surface area contributed by atoms with Crippen LogP contribution in [0.3, 0.4) is 0 Å². The molecule has 2 aromatic rings. The van der Waals surface area contributed by atoms with Gasteiger partial charge in [0.1, 0.15) is 11.9 Å². The molecule has 5 heteroatoms. The lowest BCUT2D eigenvalue weighted by Gasteiger charge is -2.20. The molecular weight excluding hydrogens is 242 g/mol. The SMILES string of the molecule is Cc1nnc(-c2ccccc2)n1C(C(=O)O)C(C)C. The highest BCUT2D eigenvalue weighted by Crippen LogP contribution is 2.26. The molecule has 0 spiro atoms. The number of carboxylic acid groups (broad SMARTS) is 1. The van der Waals surface area contributed by atoms with E-state index < -0.39 is 12.0 Å². The Hall–Kier alpha value is -2.17. The Morgan fingerprint density at radius 3 is 2.37 bits per heavy atom. The highest BCUT2D eigenvalue weighted by molar-refractivity contribution is 5.73. The summed E-state index contributed by atoms with van der Waals surface area (Å²) in [4.78, 5) is 11.5. The van der Waals surface area contributed by atoms with E-state index in [2.05, 4.69) is 10.2 Å². The molecule has 0 saturated carbocycles. The van der Waals surface area contributed by atoms with Gasteiger partial charge >= 0.3 is 5.97 Å². The second-order valence-corrected chi connectivity index (χ2v) is 4.83. The fourth-order valence-electron chi connectivity index (χ4n) is 2.18. The van der Waals surface area contributed by atoms with Gasteiger partial charge in [-0.25, -0.2) is 4.79 Å². The molecule has 0 saturated heterocycles. The van der Waals surface area contributed by atoms with Crippen molar-refractivity contribution in [2.24, 2.45) is 5.92 Å². The second-order valence-electron chi connectivity index (χ2n) is 4.83. The summed E-state index contributed by atoms with van der Waals surface area (Å²) < 4.78 is 1.70. The lowest BCUT2D eigenvalue weighted by Crippen LogP contribution is -2.25. The van der Waals surface area contributed by atoms with Crippen molar-refractivity contribution in [1.82, 2.24) is 14.8 Å². The first-order valence-corrected chi connectivity index (χ1v) is 6.22. The van der Waals surface area contributed by atoms with E-state index in [0.29, 0.717) is 11.6 Å². The third kappa shape index (κ3) is 2.50. The van der Waals surface area contributed by atoms with Crippen molar-refractivity contribution in [2.75, 3.05) is 0 Å². The maximum absolute atomic E-state index is 11.5. The van der Waals surface area contributed by atoms with Gasteiger partial charge < -0.3 is 5.11 Å². The molecule has 0 aliphatic rings. The molecule has 0 aliphatic heterocycles. The number of carboxylic acids is 1. The minimum atomic E-state index is -0.866. The molecule has 0 fully saturated rings. The van der Waals surface area contributed by atoms with Crippen LogP contribution in [0.4, 0.5) is 0 Å². The van der Waals surface area contributed by atoms with Crippen LogP contribution in [0.25, 0.3) is 11.4 Å². The van der Waals surface area contributed by atoms with E-state index in [-0.39, 0.29) is 5.92 Å². The van der Waals surface area contributed by atoms with Crippen molar-refractivity contribution < 1.29 is 9.90 Å². The molecule has 19 heavy (non-hydrogen) atoms. The highest BCUT2D eigenvalue weighted by atomic mass is 16.4. The lowest BCUT2D eigenvalue weighted by molar-refractivity contribution is -0.142. The standard InChI is InChI=1S/C14H17N3O2/c1-9(2)12(14(18)19)17-10(3)15-16-13(17)11-7-5-4-6-8-11/h4-9,12H,1-3H3,(H,18,19). The predicted molar refractivity (Wildman–Crippen MR) is 71.7 cm³/mol. The topological polar surface area (TPSA) is 68.0 Å². The third-order valence-electron chi connectivity index (χ3n) is 3.06. The average molecular weight is 259 g/mol. The Kier molecular flexibility index (Phi) is 3.64. The van der Waals surface area contributed by atoms with Gasteiger partial charge in [-0.1, -0.05) is 44.2 Å². The van der Waals surface area contributed by atoms with Crippen molar-refractivity contribution in [3.63, 3.8) is 0 Å². The van der Waals surface area contributed by atoms with E-state index in [1.807, 2.05) is 44.2 Å². The molecule has 100 valence electrons. The minimum Gasteiger partial charge on any atom is -0.480 e. The number of aliphatic carboxylic acids is 1. The molecular formula is C14H17N3O2. The zero-order chi connectivity index (χ0) is 14.0. The molecule has 1 unspecified atom stereocenters. The van der Waals surface area contributed by atoms with Crippen molar-refractivity contribution in [2.45, 2.75) is 26.8 Å². The maximum Gasteiger partial charge on any atom is 0.327 e. The summed E-state index contributed by atoms with van der Waals surface area (Å²) in [6.45, 7) is 5.54. The van der Waals surface area contributed by atoms with Crippen LogP contribution in [0.2, 0.25) is 0 Å². The number of hydrogen-bond acceptors (Lipinski definition) is 3. The first-order valence-electron chi connectivity index (χ1n) is 6.22. The van der Waals surface area contributed by atoms with Crippen molar-refractivity contribution in [3.05, 3.63) is 36.2 Å². The lowest BCUT2D eigenvalue weighted by atomic mass is 10.0. The van der Waals surface area contributed by atoms with Gasteiger partial charge in [-0.3, -0.25) is 4.57 Å². The van der Waals surface area contributed by atoms with E-state index in [9.17, 15) is 9.90 Å². The van der Waals surface area contributed by atoms with Crippen molar-refractivity contribution in [3.8, 4) is 11.4 Å². The van der Waals surface area contributed by atoms with Crippen molar-refractivity contribution in [1.29, 1.82) is 0 Å². The number of hydrogen-bond donors (Lipinski definition) is 1. The van der Waals surface area contributed by atoms with Gasteiger partial charge in [-0.05, 0) is 12.8 Å². The molecule has 0 bridgehead atoms. The zero-order valence-corrected chi connectivity index (χ0v) is 11.2. The van der Waals surface area contributed by atoms with Crippen molar-refractivity contribution >= 4 is 5.97 Å². The molecule has 0 radical (unpaired) electrons. The van der Waals surface area contributed by atoms with Crippen LogP contribution in [0.5, 0.6) is 0 Å². The first kappa shape index (κ1) is 13.3. The number of aryl methyl sites for hydroxylation is 1. The molecule has 0 aliphatic carbocycles. The molecule has 1 atom stereocenters. The van der Waals surface area contributed by atoms with E-state index in [1.165, 1.54) is 0 Å².